The Morgan fingerprint density at radius 2 is 1.92 bits per heavy atom. The van der Waals surface area contributed by atoms with E-state index in [-0.39, 0.29) is 0 Å². The maximum absolute atomic E-state index is 11.7. The molecular weight excluding hydrogens is 336 g/mol. The van der Waals surface area contributed by atoms with Crippen molar-refractivity contribution in [3.8, 4) is 11.3 Å². The van der Waals surface area contributed by atoms with Crippen LogP contribution in [0.15, 0.2) is 52.0 Å². The van der Waals surface area contributed by atoms with Crippen molar-refractivity contribution in [1.29, 1.82) is 0 Å². The van der Waals surface area contributed by atoms with E-state index < -0.39 is 5.97 Å². The molecule has 128 valence electrons. The van der Waals surface area contributed by atoms with E-state index in [2.05, 4.69) is 9.97 Å². The monoisotopic (exact) mass is 354 g/mol. The zero-order chi connectivity index (χ0) is 17.8. The molecular formula is C19H18N2O3S. The molecule has 0 fully saturated rings. The van der Waals surface area contributed by atoms with E-state index in [9.17, 15) is 4.79 Å². The molecule has 0 saturated carbocycles. The number of carbonyl (C=O) groups is 1. The first-order chi connectivity index (χ1) is 12.1. The number of hydrogen-bond acceptors (Lipinski definition) is 6. The van der Waals surface area contributed by atoms with Crippen molar-refractivity contribution in [1.82, 2.24) is 9.97 Å². The topological polar surface area (TPSA) is 65.2 Å². The lowest BCUT2D eigenvalue weighted by Crippen LogP contribution is -2.00. The molecule has 3 rings (SSSR count). The Balaban J connectivity index is 1.78. The number of rotatable bonds is 5. The Kier molecular flexibility index (Phi) is 5.19. The quantitative estimate of drug-likeness (QED) is 0.384. The number of nitrogens with zero attached hydrogens (tertiary/aromatic N) is 2. The highest BCUT2D eigenvalue weighted by Gasteiger charge is 2.16. The molecule has 6 heteroatoms. The van der Waals surface area contributed by atoms with Crippen LogP contribution in [0.25, 0.3) is 11.3 Å². The number of methoxy groups -OCH3 is 1. The molecule has 0 unspecified atom stereocenters. The Morgan fingerprint density at radius 3 is 2.64 bits per heavy atom. The zero-order valence-electron chi connectivity index (χ0n) is 14.3. The second-order valence-corrected chi connectivity index (χ2v) is 6.45. The summed E-state index contributed by atoms with van der Waals surface area (Å²) < 4.78 is 10.4. The molecule has 0 bridgehead atoms. The lowest BCUT2D eigenvalue weighted by molar-refractivity contribution is 0.0599. The number of benzene rings is 1. The van der Waals surface area contributed by atoms with Crippen LogP contribution in [0.4, 0.5) is 0 Å². The average Bonchev–Trinajstić information content (AvgIpc) is 3.00. The number of thioether (sulfide) groups is 1. The van der Waals surface area contributed by atoms with Crippen molar-refractivity contribution < 1.29 is 13.9 Å². The summed E-state index contributed by atoms with van der Waals surface area (Å²) in [4.78, 5) is 20.7. The van der Waals surface area contributed by atoms with Gasteiger partial charge in [0.05, 0.1) is 18.6 Å². The highest BCUT2D eigenvalue weighted by Crippen LogP contribution is 2.26. The number of carbonyl (C=O) groups excluding carboxylic acids is 1. The second kappa shape index (κ2) is 7.53. The molecule has 0 atom stereocenters. The van der Waals surface area contributed by atoms with E-state index in [4.69, 9.17) is 9.15 Å². The third-order valence-corrected chi connectivity index (χ3v) is 4.49. The smallest absolute Gasteiger partial charge is 0.341 e. The number of aromatic nitrogens is 2. The molecule has 0 aliphatic rings. The molecule has 3 aromatic rings. The lowest BCUT2D eigenvalue weighted by Gasteiger charge is -2.05. The van der Waals surface area contributed by atoms with E-state index in [1.165, 1.54) is 18.9 Å². The molecule has 0 aliphatic carbocycles. The van der Waals surface area contributed by atoms with Gasteiger partial charge in [-0.15, -0.1) is 0 Å². The summed E-state index contributed by atoms with van der Waals surface area (Å²) in [7, 11) is 1.36. The Bertz CT molecular complexity index is 891. The highest BCUT2D eigenvalue weighted by atomic mass is 32.2. The van der Waals surface area contributed by atoms with E-state index in [0.29, 0.717) is 28.0 Å². The van der Waals surface area contributed by atoms with Gasteiger partial charge in [-0.05, 0) is 26.0 Å². The predicted octanol–water partition coefficient (Wildman–Crippen LogP) is 4.43. The van der Waals surface area contributed by atoms with Crippen molar-refractivity contribution >= 4 is 17.7 Å². The molecule has 25 heavy (non-hydrogen) atoms. The Labute approximate surface area is 150 Å². The van der Waals surface area contributed by atoms with Crippen LogP contribution in [-0.2, 0) is 10.5 Å². The van der Waals surface area contributed by atoms with E-state index in [0.717, 1.165) is 17.0 Å². The van der Waals surface area contributed by atoms with E-state index >= 15 is 0 Å². The maximum Gasteiger partial charge on any atom is 0.341 e. The number of furan rings is 1. The maximum atomic E-state index is 11.7. The van der Waals surface area contributed by atoms with Gasteiger partial charge in [-0.3, -0.25) is 0 Å². The molecule has 5 nitrogen and oxygen atoms in total. The summed E-state index contributed by atoms with van der Waals surface area (Å²) in [6, 6.07) is 13.7. The van der Waals surface area contributed by atoms with Crippen LogP contribution in [-0.4, -0.2) is 23.0 Å². The average molecular weight is 354 g/mol. The molecule has 2 heterocycles. The van der Waals surface area contributed by atoms with Gasteiger partial charge >= 0.3 is 5.97 Å². The van der Waals surface area contributed by atoms with Gasteiger partial charge in [0.2, 0.25) is 0 Å². The molecule has 0 N–H and O–H groups in total. The first-order valence-corrected chi connectivity index (χ1v) is 8.77. The van der Waals surface area contributed by atoms with Crippen LogP contribution < -0.4 is 0 Å². The van der Waals surface area contributed by atoms with Crippen LogP contribution in [0, 0.1) is 13.8 Å². The minimum atomic E-state index is -0.393. The SMILES string of the molecule is COC(=O)c1cc(CSc2nc(C)cc(-c3ccccc3)n2)oc1C. The fourth-order valence-electron chi connectivity index (χ4n) is 2.43. The van der Waals surface area contributed by atoms with Crippen LogP contribution in [0.5, 0.6) is 0 Å². The predicted molar refractivity (Wildman–Crippen MR) is 96.6 cm³/mol. The molecule has 0 amide bonds. The fourth-order valence-corrected chi connectivity index (χ4v) is 3.21. The van der Waals surface area contributed by atoms with Crippen molar-refractivity contribution in [2.75, 3.05) is 7.11 Å². The van der Waals surface area contributed by atoms with Gasteiger partial charge in [0.1, 0.15) is 17.1 Å². The molecule has 0 aliphatic heterocycles. The first-order valence-electron chi connectivity index (χ1n) is 7.78. The summed E-state index contributed by atoms with van der Waals surface area (Å²) in [6.07, 6.45) is 0. The summed E-state index contributed by atoms with van der Waals surface area (Å²) >= 11 is 1.47. The van der Waals surface area contributed by atoms with Crippen LogP contribution in [0.1, 0.15) is 27.6 Å². The third kappa shape index (κ3) is 4.09. The number of aryl methyl sites for hydroxylation is 2. The van der Waals surface area contributed by atoms with Gasteiger partial charge in [-0.1, -0.05) is 42.1 Å². The third-order valence-electron chi connectivity index (χ3n) is 3.62. The van der Waals surface area contributed by atoms with Crippen molar-refractivity contribution in [3.63, 3.8) is 0 Å². The second-order valence-electron chi connectivity index (χ2n) is 5.51. The number of esters is 1. The summed E-state index contributed by atoms with van der Waals surface area (Å²) in [5.74, 6) is 1.39. The minimum Gasteiger partial charge on any atom is -0.465 e. The molecule has 1 aromatic carbocycles. The van der Waals surface area contributed by atoms with Crippen LogP contribution in [0.3, 0.4) is 0 Å². The lowest BCUT2D eigenvalue weighted by atomic mass is 10.1. The Hall–Kier alpha value is -2.60. The van der Waals surface area contributed by atoms with Gasteiger partial charge < -0.3 is 9.15 Å². The van der Waals surface area contributed by atoms with Crippen molar-refractivity contribution in [3.05, 3.63) is 65.2 Å². The largest absolute Gasteiger partial charge is 0.465 e. The number of ether oxygens (including phenoxy) is 1. The van der Waals surface area contributed by atoms with Gasteiger partial charge in [-0.25, -0.2) is 14.8 Å². The summed E-state index contributed by atoms with van der Waals surface area (Å²) in [6.45, 7) is 3.70. The molecule has 0 saturated heterocycles. The van der Waals surface area contributed by atoms with Crippen molar-refractivity contribution in [2.24, 2.45) is 0 Å². The minimum absolute atomic E-state index is 0.393. The fraction of sp³-hybridized carbons (Fsp3) is 0.211. The van der Waals surface area contributed by atoms with Gasteiger partial charge in [0.25, 0.3) is 0 Å². The number of hydrogen-bond donors (Lipinski definition) is 0. The highest BCUT2D eigenvalue weighted by molar-refractivity contribution is 7.98. The molecule has 0 radical (unpaired) electrons. The van der Waals surface area contributed by atoms with E-state index in [1.54, 1.807) is 13.0 Å². The van der Waals surface area contributed by atoms with Gasteiger partial charge in [0, 0.05) is 11.3 Å². The van der Waals surface area contributed by atoms with Crippen molar-refractivity contribution in [2.45, 2.75) is 24.8 Å². The normalized spacial score (nSPS) is 10.7. The standard InChI is InChI=1S/C19H18N2O3S/c1-12-9-17(14-7-5-4-6-8-14)21-19(20-12)25-11-15-10-16(13(2)24-15)18(22)23-3/h4-10H,11H2,1-3H3. The Morgan fingerprint density at radius 1 is 1.16 bits per heavy atom. The molecule has 0 spiro atoms. The summed E-state index contributed by atoms with van der Waals surface area (Å²) in [5, 5.41) is 0.674. The van der Waals surface area contributed by atoms with Gasteiger partial charge in [-0.2, -0.15) is 0 Å². The van der Waals surface area contributed by atoms with Gasteiger partial charge in [0.15, 0.2) is 5.16 Å². The van der Waals surface area contributed by atoms with Crippen LogP contribution in [0.2, 0.25) is 0 Å². The van der Waals surface area contributed by atoms with E-state index in [1.807, 2.05) is 43.3 Å². The molecule has 2 aromatic heterocycles. The van der Waals surface area contributed by atoms with Crippen LogP contribution >= 0.6 is 11.8 Å². The summed E-state index contributed by atoms with van der Waals surface area (Å²) in [5.41, 5.74) is 3.30. The first kappa shape index (κ1) is 17.2. The zero-order valence-corrected chi connectivity index (χ0v) is 15.1.